The second-order valence-corrected chi connectivity index (χ2v) is 17.6. The Morgan fingerprint density at radius 1 is 0.769 bits per heavy atom. The maximum Gasteiger partial charge on any atom is 0.301 e. The lowest BCUT2D eigenvalue weighted by molar-refractivity contribution is 0.344. The van der Waals surface area contributed by atoms with Crippen molar-refractivity contribution in [2.75, 3.05) is 0 Å². The van der Waals surface area contributed by atoms with Crippen LogP contribution < -0.4 is 10.4 Å². The lowest BCUT2D eigenvalue weighted by atomic mass is 10.2. The van der Waals surface area contributed by atoms with Crippen LogP contribution in [0.2, 0.25) is 24.7 Å². The summed E-state index contributed by atoms with van der Waals surface area (Å²) in [7, 11) is -5.35. The Morgan fingerprint density at radius 3 is 1.42 bits per heavy atom. The minimum absolute atomic E-state index is 0.0819. The minimum atomic E-state index is -3.11. The summed E-state index contributed by atoms with van der Waals surface area (Å²) in [5.74, 6) is 0. The summed E-state index contributed by atoms with van der Waals surface area (Å²) >= 11 is 0. The Labute approximate surface area is 157 Å². The van der Waals surface area contributed by atoms with Crippen LogP contribution in [-0.4, -0.2) is 16.4 Å². The first-order valence-corrected chi connectivity index (χ1v) is 14.3. The first-order valence-electron chi connectivity index (χ1n) is 8.86. The van der Waals surface area contributed by atoms with Gasteiger partial charge >= 0.3 is 6.08 Å². The Morgan fingerprint density at radius 2 is 1.15 bits per heavy atom. The maximum absolute atomic E-state index is 14.4. The normalized spacial score (nSPS) is 12.6. The second-order valence-electron chi connectivity index (χ2n) is 8.54. The summed E-state index contributed by atoms with van der Waals surface area (Å²) in [5.41, 5.74) is 0. The SMILES string of the molecule is CC(C)(C)[Si](C(O[Si](C)(C)C)=C(F)F)(c1ccccc1)c1ccccc1. The van der Waals surface area contributed by atoms with Crippen LogP contribution >= 0.6 is 0 Å². The van der Waals surface area contributed by atoms with Crippen LogP contribution in [-0.2, 0) is 4.43 Å². The molecule has 0 N–H and O–H groups in total. The molecule has 0 unspecified atom stereocenters. The van der Waals surface area contributed by atoms with Crippen molar-refractivity contribution < 1.29 is 13.2 Å². The highest BCUT2D eigenvalue weighted by atomic mass is 28.4. The van der Waals surface area contributed by atoms with Gasteiger partial charge in [0.25, 0.3) is 0 Å². The third-order valence-electron chi connectivity index (χ3n) is 4.46. The third-order valence-corrected chi connectivity index (χ3v) is 11.1. The molecule has 0 spiro atoms. The van der Waals surface area contributed by atoms with Gasteiger partial charge in [-0.05, 0) is 35.1 Å². The van der Waals surface area contributed by atoms with Gasteiger partial charge in [-0.15, -0.1) is 0 Å². The van der Waals surface area contributed by atoms with E-state index >= 15 is 0 Å². The van der Waals surface area contributed by atoms with Crippen molar-refractivity contribution in [3.8, 4) is 0 Å². The summed E-state index contributed by atoms with van der Waals surface area (Å²) in [6.45, 7) is 12.0. The smallest absolute Gasteiger partial charge is 0.301 e. The molecule has 140 valence electrons. The molecule has 0 aromatic heterocycles. The van der Waals surface area contributed by atoms with Crippen molar-refractivity contribution >= 4 is 26.8 Å². The van der Waals surface area contributed by atoms with Crippen molar-refractivity contribution in [2.45, 2.75) is 45.5 Å². The van der Waals surface area contributed by atoms with E-state index in [4.69, 9.17) is 4.43 Å². The van der Waals surface area contributed by atoms with Crippen LogP contribution in [0.15, 0.2) is 72.1 Å². The molecule has 0 saturated heterocycles. The zero-order chi connectivity index (χ0) is 19.6. The summed E-state index contributed by atoms with van der Waals surface area (Å²) in [4.78, 5) is 0. The van der Waals surface area contributed by atoms with Crippen molar-refractivity contribution in [1.82, 2.24) is 0 Å². The average molecular weight is 391 g/mol. The summed E-state index contributed by atoms with van der Waals surface area (Å²) in [6.07, 6.45) is -1.69. The van der Waals surface area contributed by atoms with E-state index in [9.17, 15) is 8.78 Å². The van der Waals surface area contributed by atoms with Crippen LogP contribution in [0.3, 0.4) is 0 Å². The highest BCUT2D eigenvalue weighted by molar-refractivity contribution is 7.09. The van der Waals surface area contributed by atoms with Gasteiger partial charge in [0.05, 0.1) is 0 Å². The largest absolute Gasteiger partial charge is 0.546 e. The van der Waals surface area contributed by atoms with Gasteiger partial charge in [-0.3, -0.25) is 0 Å². The summed E-state index contributed by atoms with van der Waals surface area (Å²) in [6, 6.07) is 19.4. The number of halogens is 2. The molecule has 5 heteroatoms. The lowest BCUT2D eigenvalue weighted by Crippen LogP contribution is -2.67. The van der Waals surface area contributed by atoms with Crippen molar-refractivity contribution in [3.63, 3.8) is 0 Å². The molecule has 0 bridgehead atoms. The topological polar surface area (TPSA) is 9.23 Å². The van der Waals surface area contributed by atoms with E-state index in [-0.39, 0.29) is 5.38 Å². The molecule has 0 fully saturated rings. The third kappa shape index (κ3) is 3.99. The van der Waals surface area contributed by atoms with Crippen LogP contribution in [0.4, 0.5) is 8.78 Å². The Kier molecular flexibility index (Phi) is 5.93. The molecular formula is C21H28F2OSi2. The highest BCUT2D eigenvalue weighted by Crippen LogP contribution is 2.43. The first kappa shape index (κ1) is 20.6. The molecule has 0 radical (unpaired) electrons. The van der Waals surface area contributed by atoms with Crippen LogP contribution in [0.1, 0.15) is 20.8 Å². The first-order chi connectivity index (χ1) is 12.0. The van der Waals surface area contributed by atoms with Gasteiger partial charge in [-0.1, -0.05) is 81.4 Å². The van der Waals surface area contributed by atoms with E-state index in [1.807, 2.05) is 80.3 Å². The predicted molar refractivity (Wildman–Crippen MR) is 111 cm³/mol. The van der Waals surface area contributed by atoms with Gasteiger partial charge in [0, 0.05) is 0 Å². The molecule has 26 heavy (non-hydrogen) atoms. The van der Waals surface area contributed by atoms with Crippen molar-refractivity contribution in [3.05, 3.63) is 72.1 Å². The Balaban J connectivity index is 2.95. The summed E-state index contributed by atoms with van der Waals surface area (Å²) < 4.78 is 35.0. The molecule has 0 saturated carbocycles. The molecule has 2 rings (SSSR count). The van der Waals surface area contributed by atoms with Crippen molar-refractivity contribution in [2.24, 2.45) is 0 Å². The molecule has 0 atom stereocenters. The Bertz CT molecular complexity index is 717. The van der Waals surface area contributed by atoms with Crippen LogP contribution in [0, 0.1) is 0 Å². The second kappa shape index (κ2) is 7.49. The summed E-state index contributed by atoms with van der Waals surface area (Å²) in [5, 5.41) is 1.40. The van der Waals surface area contributed by atoms with E-state index < -0.39 is 27.5 Å². The molecular weight excluding hydrogens is 362 g/mol. The van der Waals surface area contributed by atoms with Crippen molar-refractivity contribution in [1.29, 1.82) is 0 Å². The molecule has 0 aliphatic carbocycles. The monoisotopic (exact) mass is 390 g/mol. The molecule has 2 aromatic rings. The quantitative estimate of drug-likeness (QED) is 0.480. The molecule has 2 aromatic carbocycles. The van der Waals surface area contributed by atoms with Gasteiger partial charge in [0.1, 0.15) is 5.38 Å². The minimum Gasteiger partial charge on any atom is -0.546 e. The van der Waals surface area contributed by atoms with Crippen LogP contribution in [0.25, 0.3) is 0 Å². The van der Waals surface area contributed by atoms with Gasteiger partial charge < -0.3 is 4.43 Å². The van der Waals surface area contributed by atoms with E-state index in [2.05, 4.69) is 20.8 Å². The number of rotatable bonds is 5. The van der Waals surface area contributed by atoms with E-state index in [0.29, 0.717) is 0 Å². The van der Waals surface area contributed by atoms with Gasteiger partial charge in [0.2, 0.25) is 16.4 Å². The zero-order valence-electron chi connectivity index (χ0n) is 16.4. The molecule has 1 nitrogen and oxygen atoms in total. The fourth-order valence-electron chi connectivity index (χ4n) is 3.57. The lowest BCUT2D eigenvalue weighted by Gasteiger charge is -2.45. The number of benzene rings is 2. The average Bonchev–Trinajstić information content (AvgIpc) is 2.54. The molecule has 0 aliphatic rings. The van der Waals surface area contributed by atoms with Crippen LogP contribution in [0.5, 0.6) is 0 Å². The highest BCUT2D eigenvalue weighted by Gasteiger charge is 2.55. The number of hydrogen-bond acceptors (Lipinski definition) is 1. The molecule has 0 amide bonds. The Hall–Kier alpha value is -1.73. The van der Waals surface area contributed by atoms with E-state index in [1.54, 1.807) is 0 Å². The fraction of sp³-hybridized carbons (Fsp3) is 0.333. The number of hydrogen-bond donors (Lipinski definition) is 0. The molecule has 0 aliphatic heterocycles. The molecule has 0 heterocycles. The van der Waals surface area contributed by atoms with E-state index in [1.165, 1.54) is 0 Å². The van der Waals surface area contributed by atoms with E-state index in [0.717, 1.165) is 10.4 Å². The fourth-order valence-corrected chi connectivity index (χ4v) is 10.7. The predicted octanol–water partition coefficient (Wildman–Crippen LogP) is 5.55. The van der Waals surface area contributed by atoms with Gasteiger partial charge in [-0.25, -0.2) is 0 Å². The standard InChI is InChI=1S/C21H28F2OSi2/c1-21(2,3)26(17-13-9-7-10-14-17,18-15-11-8-12-16-18)20(19(22)23)24-25(4,5)6/h7-16H,1-6H3. The van der Waals surface area contributed by atoms with Gasteiger partial charge in [0.15, 0.2) is 0 Å². The zero-order valence-corrected chi connectivity index (χ0v) is 18.4. The van der Waals surface area contributed by atoms with Gasteiger partial charge in [-0.2, -0.15) is 8.78 Å². The maximum atomic E-state index is 14.4.